The number of benzene rings is 1. The lowest BCUT2D eigenvalue weighted by molar-refractivity contribution is 0.180. The molecule has 0 aromatic heterocycles. The normalized spacial score (nSPS) is 13.6. The van der Waals surface area contributed by atoms with E-state index in [1.165, 1.54) is 0 Å². The molecule has 0 bridgehead atoms. The molecule has 20 heavy (non-hydrogen) atoms. The van der Waals surface area contributed by atoms with Crippen molar-refractivity contribution in [3.8, 4) is 0 Å². The fraction of sp³-hybridized carbons (Fsp3) is 0.600. The lowest BCUT2D eigenvalue weighted by Gasteiger charge is -2.20. The highest BCUT2D eigenvalue weighted by Crippen LogP contribution is 2.29. The average molecular weight is 299 g/mol. The lowest BCUT2D eigenvalue weighted by Crippen LogP contribution is -2.36. The van der Waals surface area contributed by atoms with E-state index in [0.29, 0.717) is 11.5 Å². The highest BCUT2D eigenvalue weighted by atomic mass is 32.2. The molecule has 1 aromatic rings. The molecule has 1 atom stereocenters. The van der Waals surface area contributed by atoms with E-state index in [1.807, 2.05) is 34.6 Å². The fourth-order valence-corrected chi connectivity index (χ4v) is 4.30. The molecule has 1 rings (SSSR count). The Labute approximate surface area is 122 Å². The second-order valence-corrected chi connectivity index (χ2v) is 7.08. The van der Waals surface area contributed by atoms with Gasteiger partial charge < -0.3 is 4.74 Å². The van der Waals surface area contributed by atoms with Crippen LogP contribution in [0, 0.1) is 34.6 Å². The van der Waals surface area contributed by atoms with Gasteiger partial charge in [0, 0.05) is 13.2 Å². The Balaban J connectivity index is 3.40. The fourth-order valence-electron chi connectivity index (χ4n) is 2.48. The topological polar surface area (TPSA) is 55.4 Å². The summed E-state index contributed by atoms with van der Waals surface area (Å²) in [4.78, 5) is 0.404. The summed E-state index contributed by atoms with van der Waals surface area (Å²) in [6, 6.07) is -0.259. The van der Waals surface area contributed by atoms with Crippen molar-refractivity contribution in [3.05, 3.63) is 27.8 Å². The quantitative estimate of drug-likeness (QED) is 0.909. The van der Waals surface area contributed by atoms with Crippen molar-refractivity contribution >= 4 is 10.0 Å². The Hall–Kier alpha value is -0.910. The van der Waals surface area contributed by atoms with Gasteiger partial charge in [0.1, 0.15) is 0 Å². The first kappa shape index (κ1) is 17.1. The number of rotatable bonds is 5. The maximum Gasteiger partial charge on any atom is 0.241 e. The molecule has 114 valence electrons. The van der Waals surface area contributed by atoms with Gasteiger partial charge in [0.2, 0.25) is 10.0 Å². The average Bonchev–Trinajstić information content (AvgIpc) is 2.33. The molecule has 1 aromatic carbocycles. The van der Waals surface area contributed by atoms with Crippen molar-refractivity contribution in [2.24, 2.45) is 0 Å². The number of nitrogens with one attached hydrogen (secondary N) is 1. The van der Waals surface area contributed by atoms with E-state index in [-0.39, 0.29) is 6.04 Å². The number of methoxy groups -OCH3 is 1. The van der Waals surface area contributed by atoms with Crippen molar-refractivity contribution in [1.29, 1.82) is 0 Å². The molecule has 0 radical (unpaired) electrons. The molecule has 0 unspecified atom stereocenters. The zero-order chi connectivity index (χ0) is 15.7. The Morgan fingerprint density at radius 3 is 1.75 bits per heavy atom. The van der Waals surface area contributed by atoms with Gasteiger partial charge in [-0.3, -0.25) is 0 Å². The Bertz CT molecular complexity index is 577. The number of ether oxygens (including phenoxy) is 1. The van der Waals surface area contributed by atoms with Crippen LogP contribution in [-0.2, 0) is 14.8 Å². The Morgan fingerprint density at radius 2 is 1.35 bits per heavy atom. The number of hydrogen-bond donors (Lipinski definition) is 1. The van der Waals surface area contributed by atoms with Gasteiger partial charge in [0.25, 0.3) is 0 Å². The van der Waals surface area contributed by atoms with Crippen LogP contribution in [0.15, 0.2) is 4.90 Å². The zero-order valence-corrected chi connectivity index (χ0v) is 14.2. The van der Waals surface area contributed by atoms with Crippen molar-refractivity contribution < 1.29 is 13.2 Å². The molecule has 4 nitrogen and oxygen atoms in total. The van der Waals surface area contributed by atoms with E-state index in [0.717, 1.165) is 27.8 Å². The van der Waals surface area contributed by atoms with Crippen LogP contribution in [0.1, 0.15) is 34.7 Å². The molecule has 5 heteroatoms. The smallest absolute Gasteiger partial charge is 0.241 e. The predicted molar refractivity (Wildman–Crippen MR) is 81.8 cm³/mol. The largest absolute Gasteiger partial charge is 0.383 e. The molecule has 0 amide bonds. The van der Waals surface area contributed by atoms with Crippen LogP contribution in [0.4, 0.5) is 0 Å². The Morgan fingerprint density at radius 1 is 0.950 bits per heavy atom. The molecule has 0 spiro atoms. The molecule has 1 N–H and O–H groups in total. The monoisotopic (exact) mass is 299 g/mol. The van der Waals surface area contributed by atoms with Gasteiger partial charge in [-0.05, 0) is 69.4 Å². The van der Waals surface area contributed by atoms with E-state index in [1.54, 1.807) is 14.0 Å². The summed E-state index contributed by atoms with van der Waals surface area (Å²) in [7, 11) is -1.98. The summed E-state index contributed by atoms with van der Waals surface area (Å²) in [6.45, 7) is 11.8. The standard InChI is InChI=1S/C15H25NO3S/c1-9(8-19-7)16-20(17,18)15-13(5)11(3)10(2)12(4)14(15)6/h9,16H,8H2,1-7H3/t9-/m1/s1. The van der Waals surface area contributed by atoms with Gasteiger partial charge in [0.05, 0.1) is 11.5 Å². The minimum absolute atomic E-state index is 0.259. The zero-order valence-electron chi connectivity index (χ0n) is 13.4. The number of sulfonamides is 1. The summed E-state index contributed by atoms with van der Waals surface area (Å²) in [6.07, 6.45) is 0. The summed E-state index contributed by atoms with van der Waals surface area (Å²) >= 11 is 0. The molecule has 0 heterocycles. The first-order chi connectivity index (χ1) is 9.13. The van der Waals surface area contributed by atoms with Crippen molar-refractivity contribution in [2.45, 2.75) is 52.5 Å². The van der Waals surface area contributed by atoms with Gasteiger partial charge >= 0.3 is 0 Å². The minimum atomic E-state index is -3.53. The van der Waals surface area contributed by atoms with Crippen LogP contribution in [0.2, 0.25) is 0 Å². The van der Waals surface area contributed by atoms with Crippen LogP contribution in [0.5, 0.6) is 0 Å². The molecule has 0 aliphatic heterocycles. The highest BCUT2D eigenvalue weighted by molar-refractivity contribution is 7.89. The van der Waals surface area contributed by atoms with Gasteiger partial charge in [-0.15, -0.1) is 0 Å². The first-order valence-electron chi connectivity index (χ1n) is 6.71. The molecule has 0 aliphatic rings. The van der Waals surface area contributed by atoms with Crippen molar-refractivity contribution in [3.63, 3.8) is 0 Å². The van der Waals surface area contributed by atoms with Gasteiger partial charge in [-0.25, -0.2) is 13.1 Å². The van der Waals surface area contributed by atoms with Gasteiger partial charge in [0.15, 0.2) is 0 Å². The van der Waals surface area contributed by atoms with Gasteiger partial charge in [-0.2, -0.15) is 0 Å². The molecule has 0 fully saturated rings. The Kier molecular flexibility index (Phi) is 5.35. The van der Waals surface area contributed by atoms with E-state index in [9.17, 15) is 8.42 Å². The summed E-state index contributed by atoms with van der Waals surface area (Å²) in [5, 5.41) is 0. The van der Waals surface area contributed by atoms with Gasteiger partial charge in [-0.1, -0.05) is 0 Å². The summed E-state index contributed by atoms with van der Waals surface area (Å²) < 4.78 is 32.9. The lowest BCUT2D eigenvalue weighted by atomic mass is 9.95. The molecular weight excluding hydrogens is 274 g/mol. The maximum absolute atomic E-state index is 12.6. The second kappa shape index (κ2) is 6.24. The molecule has 0 saturated heterocycles. The molecular formula is C15H25NO3S. The van der Waals surface area contributed by atoms with Crippen LogP contribution in [0.3, 0.4) is 0 Å². The SMILES string of the molecule is COC[C@@H](C)NS(=O)(=O)c1c(C)c(C)c(C)c(C)c1C. The minimum Gasteiger partial charge on any atom is -0.383 e. The predicted octanol–water partition coefficient (Wildman–Crippen LogP) is 2.54. The van der Waals surface area contributed by atoms with E-state index >= 15 is 0 Å². The van der Waals surface area contributed by atoms with Crippen LogP contribution >= 0.6 is 0 Å². The molecule has 0 saturated carbocycles. The third-order valence-electron chi connectivity index (χ3n) is 3.97. The third-order valence-corrected chi connectivity index (χ3v) is 5.84. The van der Waals surface area contributed by atoms with E-state index < -0.39 is 10.0 Å². The maximum atomic E-state index is 12.6. The van der Waals surface area contributed by atoms with Crippen molar-refractivity contribution in [1.82, 2.24) is 4.72 Å². The summed E-state index contributed by atoms with van der Waals surface area (Å²) in [5.74, 6) is 0. The van der Waals surface area contributed by atoms with Crippen LogP contribution in [0.25, 0.3) is 0 Å². The van der Waals surface area contributed by atoms with E-state index in [2.05, 4.69) is 4.72 Å². The number of hydrogen-bond acceptors (Lipinski definition) is 3. The third kappa shape index (κ3) is 3.22. The van der Waals surface area contributed by atoms with Crippen LogP contribution < -0.4 is 4.72 Å². The van der Waals surface area contributed by atoms with Crippen molar-refractivity contribution in [2.75, 3.05) is 13.7 Å². The molecule has 0 aliphatic carbocycles. The van der Waals surface area contributed by atoms with Crippen LogP contribution in [-0.4, -0.2) is 28.2 Å². The highest BCUT2D eigenvalue weighted by Gasteiger charge is 2.24. The van der Waals surface area contributed by atoms with E-state index in [4.69, 9.17) is 4.74 Å². The first-order valence-corrected chi connectivity index (χ1v) is 8.20. The summed E-state index contributed by atoms with van der Waals surface area (Å²) in [5.41, 5.74) is 4.87. The second-order valence-electron chi connectivity index (χ2n) is 5.43.